The van der Waals surface area contributed by atoms with Gasteiger partial charge in [-0.3, -0.25) is 0 Å². The normalized spacial score (nSPS) is 43.4. The fraction of sp³-hybridized carbons (Fsp3) is 1.00. The molecule has 2 atom stereocenters. The summed E-state index contributed by atoms with van der Waals surface area (Å²) < 4.78 is 29.2. The second kappa shape index (κ2) is 3.68. The first kappa shape index (κ1) is 11.0. The zero-order chi connectivity index (χ0) is 11.2. The van der Waals surface area contributed by atoms with Crippen LogP contribution in [0.25, 0.3) is 0 Å². The molecule has 2 unspecified atom stereocenters. The van der Waals surface area contributed by atoms with Crippen molar-refractivity contribution >= 4 is 9.84 Å². The third kappa shape index (κ3) is 1.69. The lowest BCUT2D eigenvalue weighted by Gasteiger charge is -2.47. The molecule has 16 heavy (non-hydrogen) atoms. The Morgan fingerprint density at radius 1 is 1.31 bits per heavy atom. The van der Waals surface area contributed by atoms with E-state index in [-0.39, 0.29) is 11.8 Å². The highest BCUT2D eigenvalue weighted by atomic mass is 32.2. The maximum atomic E-state index is 11.7. The zero-order valence-electron chi connectivity index (χ0n) is 9.44. The molecule has 3 aliphatic rings. The summed E-state index contributed by atoms with van der Waals surface area (Å²) in [6.07, 6.45) is 4.42. The molecule has 0 bridgehead atoms. The first-order chi connectivity index (χ1) is 7.61. The van der Waals surface area contributed by atoms with E-state index in [1.165, 1.54) is 19.3 Å². The Morgan fingerprint density at radius 3 is 2.69 bits per heavy atom. The summed E-state index contributed by atoms with van der Waals surface area (Å²) in [5.41, 5.74) is -0.401. The van der Waals surface area contributed by atoms with Crippen LogP contribution in [0.1, 0.15) is 25.7 Å². The van der Waals surface area contributed by atoms with Gasteiger partial charge in [0, 0.05) is 12.6 Å². The third-order valence-corrected chi connectivity index (χ3v) is 6.10. The quantitative estimate of drug-likeness (QED) is 0.723. The van der Waals surface area contributed by atoms with Gasteiger partial charge in [0.2, 0.25) is 0 Å². The van der Waals surface area contributed by atoms with Gasteiger partial charge in [-0.05, 0) is 25.2 Å². The molecule has 3 fully saturated rings. The fourth-order valence-corrected chi connectivity index (χ4v) is 5.27. The second-order valence-electron chi connectivity index (χ2n) is 5.38. The van der Waals surface area contributed by atoms with Crippen LogP contribution >= 0.6 is 0 Å². The highest BCUT2D eigenvalue weighted by molar-refractivity contribution is 7.91. The average Bonchev–Trinajstić information content (AvgIpc) is 2.44. The van der Waals surface area contributed by atoms with Gasteiger partial charge in [0.05, 0.1) is 23.7 Å². The van der Waals surface area contributed by atoms with Crippen molar-refractivity contribution in [3.05, 3.63) is 0 Å². The molecular formula is C11H19NO3S. The van der Waals surface area contributed by atoms with Gasteiger partial charge >= 0.3 is 0 Å². The highest BCUT2D eigenvalue weighted by Crippen LogP contribution is 2.41. The van der Waals surface area contributed by atoms with E-state index in [1.807, 2.05) is 0 Å². The standard InChI is InChI=1S/C11H19NO3S/c13-16(14)7-4-11(8-16)10(9-2-1-3-9)12-5-6-15-11/h9-10,12H,1-8H2. The Balaban J connectivity index is 1.85. The minimum absolute atomic E-state index is 0.230. The Hall–Kier alpha value is -0.130. The summed E-state index contributed by atoms with van der Waals surface area (Å²) in [7, 11) is -2.87. The molecule has 2 heterocycles. The Labute approximate surface area is 96.7 Å². The van der Waals surface area contributed by atoms with Crippen LogP contribution in [0.5, 0.6) is 0 Å². The molecular weight excluding hydrogens is 226 g/mol. The van der Waals surface area contributed by atoms with E-state index in [1.54, 1.807) is 0 Å². The molecule has 2 saturated heterocycles. The van der Waals surface area contributed by atoms with Gasteiger partial charge in [0.25, 0.3) is 0 Å². The number of morpholine rings is 1. The molecule has 0 aromatic heterocycles. The van der Waals surface area contributed by atoms with Crippen molar-refractivity contribution in [3.8, 4) is 0 Å². The fourth-order valence-electron chi connectivity index (χ4n) is 3.32. The Kier molecular flexibility index (Phi) is 2.53. The lowest BCUT2D eigenvalue weighted by Crippen LogP contribution is -2.62. The van der Waals surface area contributed by atoms with Crippen molar-refractivity contribution < 1.29 is 13.2 Å². The van der Waals surface area contributed by atoms with E-state index in [0.29, 0.717) is 24.7 Å². The maximum Gasteiger partial charge on any atom is 0.153 e. The number of ether oxygens (including phenoxy) is 1. The van der Waals surface area contributed by atoms with Gasteiger partial charge in [-0.2, -0.15) is 0 Å². The zero-order valence-corrected chi connectivity index (χ0v) is 10.3. The van der Waals surface area contributed by atoms with E-state index in [4.69, 9.17) is 4.74 Å². The molecule has 2 aliphatic heterocycles. The minimum Gasteiger partial charge on any atom is -0.371 e. The molecule has 0 aromatic rings. The van der Waals surface area contributed by atoms with Crippen LogP contribution in [0.4, 0.5) is 0 Å². The number of nitrogens with one attached hydrogen (secondary N) is 1. The van der Waals surface area contributed by atoms with E-state index in [9.17, 15) is 8.42 Å². The van der Waals surface area contributed by atoms with Gasteiger partial charge in [0.1, 0.15) is 0 Å². The van der Waals surface area contributed by atoms with Crippen LogP contribution in [0.15, 0.2) is 0 Å². The predicted molar refractivity (Wildman–Crippen MR) is 61.1 cm³/mol. The summed E-state index contributed by atoms with van der Waals surface area (Å²) in [5, 5.41) is 3.50. The molecule has 1 aliphatic carbocycles. The first-order valence-corrected chi connectivity index (χ1v) is 8.01. The molecule has 4 nitrogen and oxygen atoms in total. The summed E-state index contributed by atoms with van der Waals surface area (Å²) in [6, 6.07) is 0.271. The smallest absolute Gasteiger partial charge is 0.153 e. The van der Waals surface area contributed by atoms with E-state index in [0.717, 1.165) is 6.54 Å². The molecule has 92 valence electrons. The summed E-state index contributed by atoms with van der Waals surface area (Å²) in [5.74, 6) is 1.17. The van der Waals surface area contributed by atoms with Crippen LogP contribution in [0.2, 0.25) is 0 Å². The van der Waals surface area contributed by atoms with E-state index >= 15 is 0 Å². The molecule has 0 radical (unpaired) electrons. The Morgan fingerprint density at radius 2 is 2.12 bits per heavy atom. The Bertz CT molecular complexity index is 377. The number of sulfone groups is 1. The van der Waals surface area contributed by atoms with Crippen molar-refractivity contribution in [1.82, 2.24) is 5.32 Å². The van der Waals surface area contributed by atoms with Crippen LogP contribution < -0.4 is 5.32 Å². The van der Waals surface area contributed by atoms with Crippen LogP contribution in [-0.2, 0) is 14.6 Å². The number of rotatable bonds is 1. The van der Waals surface area contributed by atoms with Crippen LogP contribution in [-0.4, -0.2) is 44.7 Å². The van der Waals surface area contributed by atoms with Crippen LogP contribution in [0.3, 0.4) is 0 Å². The lowest BCUT2D eigenvalue weighted by molar-refractivity contribution is -0.102. The van der Waals surface area contributed by atoms with Gasteiger partial charge < -0.3 is 10.1 Å². The van der Waals surface area contributed by atoms with Crippen molar-refractivity contribution in [3.63, 3.8) is 0 Å². The van der Waals surface area contributed by atoms with Gasteiger partial charge in [-0.1, -0.05) is 6.42 Å². The SMILES string of the molecule is O=S1(=O)CCC2(C1)OCCNC2C1CCC1. The minimum atomic E-state index is -2.87. The third-order valence-electron chi connectivity index (χ3n) is 4.34. The highest BCUT2D eigenvalue weighted by Gasteiger charge is 2.53. The van der Waals surface area contributed by atoms with Crippen molar-refractivity contribution in [1.29, 1.82) is 0 Å². The largest absolute Gasteiger partial charge is 0.371 e. The predicted octanol–water partition coefficient (Wildman–Crippen LogP) is 0.332. The van der Waals surface area contributed by atoms with E-state index in [2.05, 4.69) is 5.32 Å². The van der Waals surface area contributed by atoms with Crippen molar-refractivity contribution in [2.45, 2.75) is 37.3 Å². The average molecular weight is 245 g/mol. The molecule has 0 amide bonds. The lowest BCUT2D eigenvalue weighted by atomic mass is 9.72. The maximum absolute atomic E-state index is 11.7. The number of hydrogen-bond acceptors (Lipinski definition) is 4. The van der Waals surface area contributed by atoms with Crippen molar-refractivity contribution in [2.24, 2.45) is 5.92 Å². The van der Waals surface area contributed by atoms with Gasteiger partial charge in [-0.15, -0.1) is 0 Å². The van der Waals surface area contributed by atoms with Gasteiger partial charge in [-0.25, -0.2) is 8.42 Å². The summed E-state index contributed by atoms with van der Waals surface area (Å²) in [4.78, 5) is 0. The second-order valence-corrected chi connectivity index (χ2v) is 7.56. The van der Waals surface area contributed by atoms with Gasteiger partial charge in [0.15, 0.2) is 9.84 Å². The van der Waals surface area contributed by atoms with Crippen LogP contribution in [0, 0.1) is 5.92 Å². The summed E-state index contributed by atoms with van der Waals surface area (Å²) in [6.45, 7) is 1.52. The van der Waals surface area contributed by atoms with E-state index < -0.39 is 15.4 Å². The topological polar surface area (TPSA) is 55.4 Å². The first-order valence-electron chi connectivity index (χ1n) is 6.19. The number of hydrogen-bond donors (Lipinski definition) is 1. The molecule has 5 heteroatoms. The molecule has 0 aromatic carbocycles. The molecule has 1 N–H and O–H groups in total. The van der Waals surface area contributed by atoms with Crippen molar-refractivity contribution in [2.75, 3.05) is 24.7 Å². The monoisotopic (exact) mass is 245 g/mol. The molecule has 1 spiro atoms. The molecule has 3 rings (SSSR count). The summed E-state index contributed by atoms with van der Waals surface area (Å²) >= 11 is 0. The molecule has 1 saturated carbocycles.